The minimum Gasteiger partial charge on any atom is -0.454 e. The summed E-state index contributed by atoms with van der Waals surface area (Å²) < 4.78 is 24.1. The van der Waals surface area contributed by atoms with Gasteiger partial charge < -0.3 is 14.2 Å². The van der Waals surface area contributed by atoms with Crippen molar-refractivity contribution in [3.63, 3.8) is 0 Å². The molecule has 4 heteroatoms. The molecule has 0 N–H and O–H groups in total. The van der Waals surface area contributed by atoms with Crippen LogP contribution < -0.4 is 9.80 Å². The van der Waals surface area contributed by atoms with Crippen molar-refractivity contribution < 1.29 is 8.81 Å². The maximum Gasteiger partial charge on any atom is 0.160 e. The molecule has 2 aliphatic rings. The van der Waals surface area contributed by atoms with Crippen molar-refractivity contribution >= 4 is 66.8 Å². The van der Waals surface area contributed by atoms with E-state index in [1.807, 2.05) is 12.1 Å². The molecule has 79 heavy (non-hydrogen) atoms. The molecule has 1 aromatic heterocycles. The Morgan fingerprint density at radius 2 is 0.759 bits per heavy atom. The fourth-order valence-electron chi connectivity index (χ4n) is 13.0. The van der Waals surface area contributed by atoms with E-state index in [-0.39, 0.29) is 27.5 Å². The van der Waals surface area contributed by atoms with Gasteiger partial charge >= 0.3 is 0 Å². The van der Waals surface area contributed by atoms with E-state index in [0.717, 1.165) is 111 Å². The molecule has 0 amide bonds. The number of hydrogen-bond acceptors (Lipinski definition) is 3. The smallest absolute Gasteiger partial charge is 0.160 e. The van der Waals surface area contributed by atoms with Crippen molar-refractivity contribution in [1.82, 2.24) is 0 Å². The molecule has 0 saturated heterocycles. The minimum absolute atomic E-state index is 0.0303. The van der Waals surface area contributed by atoms with Gasteiger partial charge in [-0.2, -0.15) is 0 Å². The Hall–Kier alpha value is -8.21. The molecule has 11 aromatic rings. The summed E-state index contributed by atoms with van der Waals surface area (Å²) in [5.41, 5.74) is 20.2. The van der Waals surface area contributed by atoms with E-state index in [1.165, 1.54) is 22.3 Å². The molecule has 1 spiro atoms. The quantitative estimate of drug-likeness (QED) is 0.165. The SMILES string of the molecule is CC(C)(C)c1ccc(N(c2ccc(C(C)(C)C)cc2)c2cc3c(c4ccccc24)-c2c(cc(N(c4ccc(C(C)(C)C)cc4)c4ccc(C(C)(C)C)cc4)c4oc5ccccc5c24)C32c3ccccc3-c3ccc(F)cc32)cc1. The molecule has 392 valence electrons. The van der Waals surface area contributed by atoms with Crippen molar-refractivity contribution in [2.24, 2.45) is 0 Å². The Labute approximate surface area is 466 Å². The van der Waals surface area contributed by atoms with Gasteiger partial charge in [0.25, 0.3) is 0 Å². The lowest BCUT2D eigenvalue weighted by atomic mass is 9.70. The number of fused-ring (bicyclic) bond motifs is 16. The number of para-hydroxylation sites is 1. The van der Waals surface area contributed by atoms with Gasteiger partial charge in [0.05, 0.1) is 16.8 Å². The van der Waals surface area contributed by atoms with Gasteiger partial charge in [0, 0.05) is 38.9 Å². The predicted octanol–water partition coefficient (Wildman–Crippen LogP) is 21.4. The van der Waals surface area contributed by atoms with Crippen LogP contribution in [0.3, 0.4) is 0 Å². The number of rotatable bonds is 6. The van der Waals surface area contributed by atoms with Crippen LogP contribution in [0.2, 0.25) is 0 Å². The number of halogens is 1. The van der Waals surface area contributed by atoms with E-state index in [9.17, 15) is 0 Å². The highest BCUT2D eigenvalue weighted by molar-refractivity contribution is 6.24. The third-order valence-corrected chi connectivity index (χ3v) is 17.2. The predicted molar refractivity (Wildman–Crippen MR) is 332 cm³/mol. The van der Waals surface area contributed by atoms with Crippen LogP contribution in [0.5, 0.6) is 0 Å². The monoisotopic (exact) mass is 1030 g/mol. The second kappa shape index (κ2) is 17.6. The van der Waals surface area contributed by atoms with Gasteiger partial charge in [-0.1, -0.05) is 204 Å². The van der Waals surface area contributed by atoms with Gasteiger partial charge in [-0.25, -0.2) is 4.39 Å². The minimum atomic E-state index is -0.978. The number of hydrogen-bond donors (Lipinski definition) is 0. The highest BCUT2D eigenvalue weighted by Gasteiger charge is 2.54. The van der Waals surface area contributed by atoms with E-state index in [2.05, 4.69) is 275 Å². The first-order valence-electron chi connectivity index (χ1n) is 28.1. The van der Waals surface area contributed by atoms with Crippen LogP contribution in [-0.2, 0) is 27.1 Å². The molecule has 2 aliphatic carbocycles. The van der Waals surface area contributed by atoms with Gasteiger partial charge in [0.2, 0.25) is 0 Å². The molecule has 1 atom stereocenters. The molecule has 1 unspecified atom stereocenters. The molecule has 0 fully saturated rings. The lowest BCUT2D eigenvalue weighted by Gasteiger charge is -2.34. The average molecular weight is 1030 g/mol. The molecule has 0 bridgehead atoms. The molecule has 0 aliphatic heterocycles. The van der Waals surface area contributed by atoms with Gasteiger partial charge in [-0.05, 0) is 173 Å². The first-order valence-corrected chi connectivity index (χ1v) is 28.1. The summed E-state index contributed by atoms with van der Waals surface area (Å²) in [5.74, 6) is -0.268. The summed E-state index contributed by atoms with van der Waals surface area (Å²) in [7, 11) is 0. The van der Waals surface area contributed by atoms with Crippen molar-refractivity contribution in [3.8, 4) is 22.3 Å². The van der Waals surface area contributed by atoms with Crippen molar-refractivity contribution in [3.05, 3.63) is 251 Å². The van der Waals surface area contributed by atoms with E-state index in [0.29, 0.717) is 0 Å². The zero-order chi connectivity index (χ0) is 55.1. The Bertz CT molecular complexity index is 4100. The Morgan fingerprint density at radius 3 is 1.27 bits per heavy atom. The zero-order valence-corrected chi connectivity index (χ0v) is 47.7. The summed E-state index contributed by atoms with van der Waals surface area (Å²) in [6.07, 6.45) is 0. The summed E-state index contributed by atoms with van der Waals surface area (Å²) >= 11 is 0. The highest BCUT2D eigenvalue weighted by Crippen LogP contribution is 2.68. The topological polar surface area (TPSA) is 19.6 Å². The third kappa shape index (κ3) is 7.88. The zero-order valence-electron chi connectivity index (χ0n) is 47.7. The second-order valence-electron chi connectivity index (χ2n) is 26.3. The maximum atomic E-state index is 16.8. The second-order valence-corrected chi connectivity index (χ2v) is 26.3. The first kappa shape index (κ1) is 50.3. The van der Waals surface area contributed by atoms with Crippen LogP contribution in [0, 0.1) is 5.82 Å². The van der Waals surface area contributed by atoms with Crippen LogP contribution >= 0.6 is 0 Å². The normalized spacial score (nSPS) is 14.9. The lowest BCUT2D eigenvalue weighted by molar-refractivity contribution is 0.590. The van der Waals surface area contributed by atoms with Crippen LogP contribution in [0.1, 0.15) is 128 Å². The van der Waals surface area contributed by atoms with E-state index in [1.54, 1.807) is 6.07 Å². The van der Waals surface area contributed by atoms with Crippen LogP contribution in [0.15, 0.2) is 205 Å². The average Bonchev–Trinajstić information content (AvgIpc) is 4.27. The van der Waals surface area contributed by atoms with Gasteiger partial charge in [0.1, 0.15) is 11.4 Å². The lowest BCUT2D eigenvalue weighted by Crippen LogP contribution is -2.27. The fourth-order valence-corrected chi connectivity index (χ4v) is 13.0. The molecule has 0 radical (unpaired) electrons. The van der Waals surface area contributed by atoms with Gasteiger partial charge in [-0.3, -0.25) is 0 Å². The number of nitrogens with zero attached hydrogens (tertiary/aromatic N) is 2. The van der Waals surface area contributed by atoms with Crippen LogP contribution in [0.25, 0.3) is 55.0 Å². The summed E-state index contributed by atoms with van der Waals surface area (Å²) in [4.78, 5) is 4.84. The molecular formula is C75H69FN2O. The number of benzene rings is 10. The summed E-state index contributed by atoms with van der Waals surface area (Å²) in [6, 6.07) is 73.0. The van der Waals surface area contributed by atoms with E-state index >= 15 is 4.39 Å². The van der Waals surface area contributed by atoms with E-state index in [4.69, 9.17) is 4.42 Å². The number of anilines is 6. The number of furan rings is 1. The summed E-state index contributed by atoms with van der Waals surface area (Å²) in [6.45, 7) is 27.2. The molecule has 1 heterocycles. The summed E-state index contributed by atoms with van der Waals surface area (Å²) in [5, 5.41) is 4.30. The molecule has 0 saturated carbocycles. The third-order valence-electron chi connectivity index (χ3n) is 17.2. The fraction of sp³-hybridized carbons (Fsp3) is 0.227. The highest BCUT2D eigenvalue weighted by atomic mass is 19.1. The Morgan fingerprint density at radius 1 is 0.354 bits per heavy atom. The standard InChI is InChI=1S/C75H69FN2O/c1-71(2,3)46-25-34-51(35-26-46)77(52-36-27-47(28-37-52)72(4,5)6)64-44-62-67(58-21-14-13-20-57(58)64)69-63(75(62)60-23-17-15-19-55(60)56-42-33-50(76)43-61(56)75)45-65(70-68(69)59-22-16-18-24-66(59)79-70)78(53-38-29-48(30-39-53)73(7,8)9)54-40-31-49(32-41-54)74(10,11)12/h13-45H,1-12H3. The molecule has 3 nitrogen and oxygen atoms in total. The Balaban J connectivity index is 1.19. The molecule has 10 aromatic carbocycles. The van der Waals surface area contributed by atoms with Crippen molar-refractivity contribution in [2.75, 3.05) is 9.80 Å². The van der Waals surface area contributed by atoms with Crippen LogP contribution in [-0.4, -0.2) is 0 Å². The first-order chi connectivity index (χ1) is 37.6. The van der Waals surface area contributed by atoms with Crippen molar-refractivity contribution in [2.45, 2.75) is 110 Å². The molecule has 13 rings (SSSR count). The van der Waals surface area contributed by atoms with E-state index < -0.39 is 5.41 Å². The van der Waals surface area contributed by atoms with Gasteiger partial charge in [-0.15, -0.1) is 0 Å². The van der Waals surface area contributed by atoms with Crippen molar-refractivity contribution in [1.29, 1.82) is 0 Å². The maximum absolute atomic E-state index is 16.8. The van der Waals surface area contributed by atoms with Gasteiger partial charge in [0.15, 0.2) is 5.58 Å². The van der Waals surface area contributed by atoms with Crippen LogP contribution in [0.4, 0.5) is 38.5 Å². The molecular weight excluding hydrogens is 964 g/mol. The largest absolute Gasteiger partial charge is 0.454 e. The Kier molecular flexibility index (Phi) is 11.2.